The second kappa shape index (κ2) is 8.85. The molecule has 0 atom stereocenters. The molecular formula is C24H20N4OS. The molecule has 0 aliphatic rings. The maximum absolute atomic E-state index is 9.49. The van der Waals surface area contributed by atoms with Gasteiger partial charge in [-0.1, -0.05) is 66.4 Å². The van der Waals surface area contributed by atoms with Crippen LogP contribution in [0.2, 0.25) is 0 Å². The molecule has 0 amide bonds. The number of nitrogen functional groups attached to an aromatic ring is 1. The molecule has 4 aromatic rings. The molecule has 0 aliphatic carbocycles. The Kier molecular flexibility index (Phi) is 5.82. The lowest BCUT2D eigenvalue weighted by Gasteiger charge is -2.11. The zero-order chi connectivity index (χ0) is 20.9. The van der Waals surface area contributed by atoms with Crippen molar-refractivity contribution in [2.75, 3.05) is 5.73 Å². The SMILES string of the molecule is Cc1cccc(OCc2nc(SCc3cccc4ccccc34)nc(N)c2C#N)c1. The summed E-state index contributed by atoms with van der Waals surface area (Å²) >= 11 is 1.49. The molecule has 3 aromatic carbocycles. The molecule has 5 nitrogen and oxygen atoms in total. The van der Waals surface area contributed by atoms with Crippen molar-refractivity contribution in [2.45, 2.75) is 24.4 Å². The monoisotopic (exact) mass is 412 g/mol. The number of hydrogen-bond acceptors (Lipinski definition) is 6. The summed E-state index contributed by atoms with van der Waals surface area (Å²) in [6, 6.07) is 24.4. The quantitative estimate of drug-likeness (QED) is 0.343. The molecule has 0 saturated heterocycles. The summed E-state index contributed by atoms with van der Waals surface area (Å²) in [7, 11) is 0. The molecule has 0 bridgehead atoms. The molecule has 0 saturated carbocycles. The van der Waals surface area contributed by atoms with Gasteiger partial charge in [-0.2, -0.15) is 5.26 Å². The number of nitriles is 1. The largest absolute Gasteiger partial charge is 0.487 e. The van der Waals surface area contributed by atoms with Crippen molar-refractivity contribution in [2.24, 2.45) is 0 Å². The number of nitrogens with two attached hydrogens (primary N) is 1. The highest BCUT2D eigenvalue weighted by molar-refractivity contribution is 7.98. The van der Waals surface area contributed by atoms with Gasteiger partial charge in [0.05, 0.1) is 0 Å². The summed E-state index contributed by atoms with van der Waals surface area (Å²) in [5.41, 5.74) is 9.09. The first kappa shape index (κ1) is 19.7. The van der Waals surface area contributed by atoms with Gasteiger partial charge in [0.1, 0.15) is 35.5 Å². The maximum atomic E-state index is 9.49. The first-order valence-corrected chi connectivity index (χ1v) is 10.5. The highest BCUT2D eigenvalue weighted by atomic mass is 32.2. The van der Waals surface area contributed by atoms with E-state index in [4.69, 9.17) is 10.5 Å². The summed E-state index contributed by atoms with van der Waals surface area (Å²) in [4.78, 5) is 8.88. The summed E-state index contributed by atoms with van der Waals surface area (Å²) in [5, 5.41) is 12.4. The lowest BCUT2D eigenvalue weighted by atomic mass is 10.1. The van der Waals surface area contributed by atoms with Crippen molar-refractivity contribution in [3.05, 3.63) is 89.1 Å². The van der Waals surface area contributed by atoms with Gasteiger partial charge in [0.15, 0.2) is 5.16 Å². The van der Waals surface area contributed by atoms with Crippen LogP contribution in [0, 0.1) is 18.3 Å². The van der Waals surface area contributed by atoms with E-state index < -0.39 is 0 Å². The average molecular weight is 413 g/mol. The second-order valence-corrected chi connectivity index (χ2v) is 7.80. The minimum Gasteiger partial charge on any atom is -0.487 e. The molecule has 0 aliphatic heterocycles. The van der Waals surface area contributed by atoms with Gasteiger partial charge >= 0.3 is 0 Å². The summed E-state index contributed by atoms with van der Waals surface area (Å²) in [5.74, 6) is 1.60. The van der Waals surface area contributed by atoms with Crippen LogP contribution in [-0.4, -0.2) is 9.97 Å². The van der Waals surface area contributed by atoms with Gasteiger partial charge in [-0.3, -0.25) is 0 Å². The van der Waals surface area contributed by atoms with Crippen molar-refractivity contribution >= 4 is 28.4 Å². The lowest BCUT2D eigenvalue weighted by molar-refractivity contribution is 0.299. The molecule has 2 N–H and O–H groups in total. The van der Waals surface area contributed by atoms with Crippen LogP contribution in [0.5, 0.6) is 5.75 Å². The summed E-state index contributed by atoms with van der Waals surface area (Å²) < 4.78 is 5.84. The molecule has 0 radical (unpaired) electrons. The fraction of sp³-hybridized carbons (Fsp3) is 0.125. The standard InChI is InChI=1S/C24H20N4OS/c1-16-6-4-10-19(12-16)29-14-22-21(13-25)23(26)28-24(27-22)30-15-18-9-5-8-17-7-2-3-11-20(17)18/h2-12H,14-15H2,1H3,(H2,26,27,28). The fourth-order valence-corrected chi connectivity index (χ4v) is 4.09. The first-order valence-electron chi connectivity index (χ1n) is 9.49. The molecule has 0 fully saturated rings. The predicted molar refractivity (Wildman–Crippen MR) is 120 cm³/mol. The molecule has 1 heterocycles. The smallest absolute Gasteiger partial charge is 0.190 e. The van der Waals surface area contributed by atoms with Crippen LogP contribution in [0.15, 0.2) is 71.9 Å². The Morgan fingerprint density at radius 1 is 1.03 bits per heavy atom. The number of hydrogen-bond donors (Lipinski definition) is 1. The number of nitrogens with zero attached hydrogens (tertiary/aromatic N) is 3. The van der Waals surface area contributed by atoms with Crippen LogP contribution in [0.1, 0.15) is 22.4 Å². The Morgan fingerprint density at radius 2 is 1.83 bits per heavy atom. The molecule has 30 heavy (non-hydrogen) atoms. The molecule has 6 heteroatoms. The number of ether oxygens (including phenoxy) is 1. The predicted octanol–water partition coefficient (Wildman–Crippen LogP) is 5.26. The number of thioether (sulfide) groups is 1. The Morgan fingerprint density at radius 3 is 2.67 bits per heavy atom. The fourth-order valence-electron chi connectivity index (χ4n) is 3.21. The third-order valence-corrected chi connectivity index (χ3v) is 5.60. The topological polar surface area (TPSA) is 84.8 Å². The molecule has 0 unspecified atom stereocenters. The average Bonchev–Trinajstić information content (AvgIpc) is 2.76. The van der Waals surface area contributed by atoms with E-state index in [1.165, 1.54) is 28.1 Å². The number of aromatic nitrogens is 2. The number of benzene rings is 3. The zero-order valence-electron chi connectivity index (χ0n) is 16.5. The third kappa shape index (κ3) is 4.37. The van der Waals surface area contributed by atoms with Crippen molar-refractivity contribution in [1.82, 2.24) is 9.97 Å². The number of rotatable bonds is 6. The maximum Gasteiger partial charge on any atom is 0.190 e. The zero-order valence-corrected chi connectivity index (χ0v) is 17.3. The van der Waals surface area contributed by atoms with Crippen LogP contribution in [-0.2, 0) is 12.4 Å². The van der Waals surface area contributed by atoms with Gasteiger partial charge in [-0.25, -0.2) is 9.97 Å². The van der Waals surface area contributed by atoms with Gasteiger partial charge < -0.3 is 10.5 Å². The van der Waals surface area contributed by atoms with E-state index >= 15 is 0 Å². The minimum absolute atomic E-state index is 0.154. The van der Waals surface area contributed by atoms with Gasteiger partial charge in [-0.15, -0.1) is 0 Å². The number of aryl methyl sites for hydroxylation is 1. The molecular weight excluding hydrogens is 392 g/mol. The molecule has 148 valence electrons. The summed E-state index contributed by atoms with van der Waals surface area (Å²) in [6.07, 6.45) is 0. The van der Waals surface area contributed by atoms with Crippen molar-refractivity contribution in [3.8, 4) is 11.8 Å². The molecule has 1 aromatic heterocycles. The number of fused-ring (bicyclic) bond motifs is 1. The van der Waals surface area contributed by atoms with E-state index in [0.29, 0.717) is 16.6 Å². The van der Waals surface area contributed by atoms with Crippen LogP contribution >= 0.6 is 11.8 Å². The number of anilines is 1. The minimum atomic E-state index is 0.154. The van der Waals surface area contributed by atoms with Crippen molar-refractivity contribution in [3.63, 3.8) is 0 Å². The van der Waals surface area contributed by atoms with E-state index in [-0.39, 0.29) is 18.0 Å². The van der Waals surface area contributed by atoms with Gasteiger partial charge in [0, 0.05) is 5.75 Å². The lowest BCUT2D eigenvalue weighted by Crippen LogP contribution is -2.08. The Hall–Kier alpha value is -3.56. The Bertz CT molecular complexity index is 1240. The van der Waals surface area contributed by atoms with Gasteiger partial charge in [0.2, 0.25) is 0 Å². The Labute approximate surface area is 179 Å². The first-order chi connectivity index (χ1) is 14.6. The third-order valence-electron chi connectivity index (χ3n) is 4.71. The van der Waals surface area contributed by atoms with Crippen LogP contribution in [0.3, 0.4) is 0 Å². The highest BCUT2D eigenvalue weighted by Gasteiger charge is 2.14. The Balaban J connectivity index is 1.56. The van der Waals surface area contributed by atoms with Crippen LogP contribution < -0.4 is 10.5 Å². The molecule has 4 rings (SSSR count). The second-order valence-electron chi connectivity index (χ2n) is 6.86. The van der Waals surface area contributed by atoms with Crippen molar-refractivity contribution < 1.29 is 4.74 Å². The van der Waals surface area contributed by atoms with Crippen molar-refractivity contribution in [1.29, 1.82) is 5.26 Å². The van der Waals surface area contributed by atoms with Gasteiger partial charge in [0.25, 0.3) is 0 Å². The van der Waals surface area contributed by atoms with E-state index in [1.807, 2.05) is 49.4 Å². The highest BCUT2D eigenvalue weighted by Crippen LogP contribution is 2.27. The van der Waals surface area contributed by atoms with Gasteiger partial charge in [-0.05, 0) is 41.0 Å². The van der Waals surface area contributed by atoms with Crippen LogP contribution in [0.4, 0.5) is 5.82 Å². The van der Waals surface area contributed by atoms with E-state index in [2.05, 4.69) is 40.3 Å². The van der Waals surface area contributed by atoms with E-state index in [9.17, 15) is 5.26 Å². The molecule has 0 spiro atoms. The van der Waals surface area contributed by atoms with E-state index in [0.717, 1.165) is 11.3 Å². The summed E-state index contributed by atoms with van der Waals surface area (Å²) in [6.45, 7) is 2.15. The van der Waals surface area contributed by atoms with E-state index in [1.54, 1.807) is 0 Å². The normalized spacial score (nSPS) is 10.7. The van der Waals surface area contributed by atoms with Crippen LogP contribution in [0.25, 0.3) is 10.8 Å².